The topological polar surface area (TPSA) is 123 Å². The van der Waals surface area contributed by atoms with E-state index in [1.165, 1.54) is 16.8 Å². The Labute approximate surface area is 168 Å². The third-order valence-corrected chi connectivity index (χ3v) is 7.21. The smallest absolute Gasteiger partial charge is 0.238 e. The van der Waals surface area contributed by atoms with Crippen LogP contribution in [0.1, 0.15) is 37.3 Å². The fourth-order valence-corrected chi connectivity index (χ4v) is 5.23. The van der Waals surface area contributed by atoms with Crippen molar-refractivity contribution in [1.29, 1.82) is 0 Å². The van der Waals surface area contributed by atoms with E-state index in [0.29, 0.717) is 29.8 Å². The van der Waals surface area contributed by atoms with Crippen LogP contribution >= 0.6 is 0 Å². The normalized spacial score (nSPS) is 24.6. The summed E-state index contributed by atoms with van der Waals surface area (Å²) in [7, 11) is -3.09. The van der Waals surface area contributed by atoms with E-state index < -0.39 is 16.1 Å². The molecule has 0 radical (unpaired) electrons. The molecule has 2 saturated heterocycles. The van der Waals surface area contributed by atoms with Gasteiger partial charge in [-0.05, 0) is 31.7 Å². The summed E-state index contributed by atoms with van der Waals surface area (Å²) in [5.41, 5.74) is 7.21. The Morgan fingerprint density at radius 3 is 2.66 bits per heavy atom. The Balaban J connectivity index is 0.000000161. The molecule has 1 spiro atoms. The zero-order chi connectivity index (χ0) is 20.8. The van der Waals surface area contributed by atoms with Gasteiger partial charge in [-0.3, -0.25) is 0 Å². The summed E-state index contributed by atoms with van der Waals surface area (Å²) in [6, 6.07) is 1.56. The fraction of sp³-hybridized carbons (Fsp3) is 0.667. The van der Waals surface area contributed by atoms with Crippen LogP contribution in [0.5, 0.6) is 0 Å². The highest BCUT2D eigenvalue weighted by Crippen LogP contribution is 2.55. The Morgan fingerprint density at radius 2 is 2.10 bits per heavy atom. The van der Waals surface area contributed by atoms with Gasteiger partial charge in [0.05, 0.1) is 31.8 Å². The number of aliphatic hydroxyl groups excluding tert-OH is 1. The standard InChI is InChI=1S/C12H13FN4O.C6H13NO3S/c13-8-1-9(7-2-12(3-7)5-18-6-12)17-10(8)4-15-11(14)16-17;1-11(9,10)7-4-2-3-6(8)5-7/h1,4,7H,2-3,5-6H2,(H2,14,16);6,8H,2-5H2,1H3. The maximum atomic E-state index is 13.8. The van der Waals surface area contributed by atoms with Crippen LogP contribution < -0.4 is 5.73 Å². The number of nitrogen functional groups attached to an aromatic ring is 1. The number of sulfonamides is 1. The van der Waals surface area contributed by atoms with Crippen LogP contribution in [0.15, 0.2) is 12.3 Å². The molecule has 1 unspecified atom stereocenters. The number of β-amino-alcohol motifs (C(OH)–C–C–N with tert-alkyl or cyclic N) is 1. The minimum atomic E-state index is -3.09. The number of hydrogen-bond acceptors (Lipinski definition) is 7. The summed E-state index contributed by atoms with van der Waals surface area (Å²) in [6.07, 6.45) is 5.69. The van der Waals surface area contributed by atoms with E-state index in [-0.39, 0.29) is 18.3 Å². The van der Waals surface area contributed by atoms with Gasteiger partial charge in [0.1, 0.15) is 5.52 Å². The van der Waals surface area contributed by atoms with E-state index >= 15 is 0 Å². The Morgan fingerprint density at radius 1 is 1.38 bits per heavy atom. The first-order chi connectivity index (χ1) is 13.7. The molecule has 2 aliphatic heterocycles. The van der Waals surface area contributed by atoms with Gasteiger partial charge in [-0.2, -0.15) is 4.31 Å². The first-order valence-electron chi connectivity index (χ1n) is 9.67. The minimum Gasteiger partial charge on any atom is -0.392 e. The molecule has 3 N–H and O–H groups in total. The van der Waals surface area contributed by atoms with E-state index in [1.54, 1.807) is 10.6 Å². The van der Waals surface area contributed by atoms with Crippen LogP contribution in [0.4, 0.5) is 10.3 Å². The number of aliphatic hydroxyl groups is 1. The first-order valence-corrected chi connectivity index (χ1v) is 11.5. The van der Waals surface area contributed by atoms with Crippen LogP contribution in [0.25, 0.3) is 5.52 Å². The molecule has 5 rings (SSSR count). The monoisotopic (exact) mass is 427 g/mol. The van der Waals surface area contributed by atoms with Gasteiger partial charge < -0.3 is 15.6 Å². The molecular formula is C18H26FN5O4S. The van der Waals surface area contributed by atoms with Crippen molar-refractivity contribution in [1.82, 2.24) is 18.9 Å². The highest BCUT2D eigenvalue weighted by atomic mass is 32.2. The van der Waals surface area contributed by atoms with E-state index in [9.17, 15) is 12.8 Å². The van der Waals surface area contributed by atoms with Crippen LogP contribution in [0, 0.1) is 11.2 Å². The lowest BCUT2D eigenvalue weighted by Gasteiger charge is -2.53. The van der Waals surface area contributed by atoms with Gasteiger partial charge in [0, 0.05) is 30.1 Å². The molecule has 0 aromatic carbocycles. The maximum absolute atomic E-state index is 13.8. The van der Waals surface area contributed by atoms with E-state index in [1.807, 2.05) is 0 Å². The maximum Gasteiger partial charge on any atom is 0.238 e. The number of anilines is 1. The predicted molar refractivity (Wildman–Crippen MR) is 104 cm³/mol. The van der Waals surface area contributed by atoms with Crippen molar-refractivity contribution in [2.24, 2.45) is 5.41 Å². The molecule has 29 heavy (non-hydrogen) atoms. The number of hydrogen-bond donors (Lipinski definition) is 2. The van der Waals surface area contributed by atoms with Gasteiger partial charge in [0.15, 0.2) is 5.82 Å². The molecule has 3 aliphatic rings. The predicted octanol–water partition coefficient (Wildman–Crippen LogP) is 0.747. The molecule has 1 aliphatic carbocycles. The highest BCUT2D eigenvalue weighted by molar-refractivity contribution is 7.88. The van der Waals surface area contributed by atoms with Gasteiger partial charge in [0.25, 0.3) is 0 Å². The second kappa shape index (κ2) is 7.46. The average molecular weight is 428 g/mol. The quantitative estimate of drug-likeness (QED) is 0.725. The van der Waals surface area contributed by atoms with Gasteiger partial charge in [-0.15, -0.1) is 5.10 Å². The molecule has 1 saturated carbocycles. The summed E-state index contributed by atoms with van der Waals surface area (Å²) >= 11 is 0. The van der Waals surface area contributed by atoms with Gasteiger partial charge in [0.2, 0.25) is 16.0 Å². The fourth-order valence-electron chi connectivity index (χ4n) is 4.32. The second-order valence-electron chi connectivity index (χ2n) is 8.35. The zero-order valence-electron chi connectivity index (χ0n) is 16.3. The van der Waals surface area contributed by atoms with Crippen molar-refractivity contribution < 1.29 is 22.7 Å². The molecule has 2 aromatic heterocycles. The lowest BCUT2D eigenvalue weighted by molar-refractivity contribution is -0.165. The third kappa shape index (κ3) is 4.09. The van der Waals surface area contributed by atoms with E-state index in [4.69, 9.17) is 15.6 Å². The number of fused-ring (bicyclic) bond motifs is 1. The van der Waals surface area contributed by atoms with Gasteiger partial charge >= 0.3 is 0 Å². The van der Waals surface area contributed by atoms with Crippen molar-refractivity contribution in [3.8, 4) is 0 Å². The Kier molecular flexibility index (Phi) is 5.26. The number of ether oxygens (including phenoxy) is 1. The minimum absolute atomic E-state index is 0.167. The van der Waals surface area contributed by atoms with Crippen molar-refractivity contribution in [3.63, 3.8) is 0 Å². The number of nitrogens with two attached hydrogens (primary N) is 1. The molecule has 11 heteroatoms. The molecular weight excluding hydrogens is 401 g/mol. The largest absolute Gasteiger partial charge is 0.392 e. The molecule has 3 fully saturated rings. The van der Waals surface area contributed by atoms with E-state index in [2.05, 4.69) is 10.1 Å². The van der Waals surface area contributed by atoms with Crippen molar-refractivity contribution in [2.75, 3.05) is 38.3 Å². The molecule has 0 bridgehead atoms. The van der Waals surface area contributed by atoms with Crippen LogP contribution in [-0.4, -0.2) is 71.1 Å². The number of halogens is 1. The average Bonchev–Trinajstić information content (AvgIpc) is 2.88. The second-order valence-corrected chi connectivity index (χ2v) is 10.3. The summed E-state index contributed by atoms with van der Waals surface area (Å²) in [4.78, 5) is 3.83. The lowest BCUT2D eigenvalue weighted by Crippen LogP contribution is -2.51. The van der Waals surface area contributed by atoms with Crippen molar-refractivity contribution in [3.05, 3.63) is 23.8 Å². The molecule has 4 heterocycles. The van der Waals surface area contributed by atoms with Gasteiger partial charge in [-0.25, -0.2) is 22.3 Å². The Bertz CT molecular complexity index is 999. The third-order valence-electron chi connectivity index (χ3n) is 5.94. The Hall–Kier alpha value is -1.82. The van der Waals surface area contributed by atoms with Crippen molar-refractivity contribution >= 4 is 21.5 Å². The molecule has 0 amide bonds. The van der Waals surface area contributed by atoms with Crippen LogP contribution in [0.2, 0.25) is 0 Å². The van der Waals surface area contributed by atoms with Crippen LogP contribution in [-0.2, 0) is 14.8 Å². The highest BCUT2D eigenvalue weighted by Gasteiger charge is 2.51. The van der Waals surface area contributed by atoms with Crippen molar-refractivity contribution in [2.45, 2.75) is 37.7 Å². The molecule has 9 nitrogen and oxygen atoms in total. The van der Waals surface area contributed by atoms with E-state index in [0.717, 1.165) is 38.2 Å². The zero-order valence-corrected chi connectivity index (χ0v) is 17.1. The SMILES string of the molecule is CS(=O)(=O)N1CCCC(O)C1.Nc1ncc2c(F)cc(C3CC4(COC4)C3)n2n1. The summed E-state index contributed by atoms with van der Waals surface area (Å²) < 4.78 is 43.8. The summed E-state index contributed by atoms with van der Waals surface area (Å²) in [5, 5.41) is 13.2. The number of piperidine rings is 1. The van der Waals surface area contributed by atoms with Gasteiger partial charge in [-0.1, -0.05) is 0 Å². The molecule has 1 atom stereocenters. The molecule has 2 aromatic rings. The number of aromatic nitrogens is 3. The lowest BCUT2D eigenvalue weighted by atomic mass is 9.60. The number of nitrogens with zero attached hydrogens (tertiary/aromatic N) is 4. The number of rotatable bonds is 2. The summed E-state index contributed by atoms with van der Waals surface area (Å²) in [6.45, 7) is 2.49. The summed E-state index contributed by atoms with van der Waals surface area (Å²) in [5.74, 6) is 0.233. The molecule has 160 valence electrons. The first kappa shape index (κ1) is 20.5. The van der Waals surface area contributed by atoms with Crippen LogP contribution in [0.3, 0.4) is 0 Å².